The van der Waals surface area contributed by atoms with Gasteiger partial charge in [-0.1, -0.05) is 38.4 Å². The van der Waals surface area contributed by atoms with Gasteiger partial charge in [0.1, 0.15) is 10.6 Å². The van der Waals surface area contributed by atoms with Gasteiger partial charge in [0, 0.05) is 24.0 Å². The van der Waals surface area contributed by atoms with Gasteiger partial charge in [-0.2, -0.15) is 0 Å². The molecule has 1 aromatic heterocycles. The first kappa shape index (κ1) is 18.7. The summed E-state index contributed by atoms with van der Waals surface area (Å²) in [7, 11) is 1.80. The van der Waals surface area contributed by atoms with Gasteiger partial charge in [0.2, 0.25) is 0 Å². The van der Waals surface area contributed by atoms with Gasteiger partial charge in [0.25, 0.3) is 5.91 Å². The van der Waals surface area contributed by atoms with Crippen LogP contribution in [0.4, 0.5) is 0 Å². The third-order valence-corrected chi connectivity index (χ3v) is 5.05. The maximum atomic E-state index is 12.4. The SMILES string of the molecule is CN(CCCOc1cccc(Cl)c1)C(=O)c1cnc(C(C)(C)C)s1. The zero-order valence-electron chi connectivity index (χ0n) is 14.5. The number of carbonyl (C=O) groups excluding carboxylic acids is 1. The average Bonchev–Trinajstić information content (AvgIpc) is 3.01. The van der Waals surface area contributed by atoms with Gasteiger partial charge in [0.15, 0.2) is 0 Å². The van der Waals surface area contributed by atoms with Crippen molar-refractivity contribution >= 4 is 28.8 Å². The van der Waals surface area contributed by atoms with Crippen molar-refractivity contribution in [1.29, 1.82) is 0 Å². The Labute approximate surface area is 152 Å². The zero-order chi connectivity index (χ0) is 17.7. The highest BCUT2D eigenvalue weighted by molar-refractivity contribution is 7.13. The second-order valence-electron chi connectivity index (χ2n) is 6.67. The molecule has 0 saturated carbocycles. The fourth-order valence-electron chi connectivity index (χ4n) is 2.06. The van der Waals surface area contributed by atoms with Gasteiger partial charge in [0.05, 0.1) is 17.8 Å². The Hall–Kier alpha value is -1.59. The normalized spacial score (nSPS) is 11.4. The molecule has 0 bridgehead atoms. The number of carbonyl (C=O) groups is 1. The summed E-state index contributed by atoms with van der Waals surface area (Å²) in [6, 6.07) is 7.31. The van der Waals surface area contributed by atoms with Crippen LogP contribution < -0.4 is 4.74 Å². The molecule has 2 aromatic rings. The predicted octanol–water partition coefficient (Wildman–Crippen LogP) is 4.64. The molecule has 130 valence electrons. The monoisotopic (exact) mass is 366 g/mol. The molecule has 2 rings (SSSR count). The molecule has 6 heteroatoms. The van der Waals surface area contributed by atoms with Crippen LogP contribution in [0, 0.1) is 0 Å². The number of halogens is 1. The van der Waals surface area contributed by atoms with Crippen LogP contribution in [0.2, 0.25) is 5.02 Å². The van der Waals surface area contributed by atoms with Crippen molar-refractivity contribution in [2.24, 2.45) is 0 Å². The van der Waals surface area contributed by atoms with E-state index in [1.54, 1.807) is 24.2 Å². The molecule has 1 aromatic carbocycles. The lowest BCUT2D eigenvalue weighted by Gasteiger charge is -2.16. The second-order valence-corrected chi connectivity index (χ2v) is 8.13. The van der Waals surface area contributed by atoms with Gasteiger partial charge in [-0.15, -0.1) is 11.3 Å². The van der Waals surface area contributed by atoms with Gasteiger partial charge in [-0.05, 0) is 24.6 Å². The highest BCUT2D eigenvalue weighted by Crippen LogP contribution is 2.27. The first-order valence-corrected chi connectivity index (χ1v) is 9.07. The van der Waals surface area contributed by atoms with Crippen LogP contribution in [0.25, 0.3) is 0 Å². The van der Waals surface area contributed by atoms with Crippen molar-refractivity contribution in [2.45, 2.75) is 32.6 Å². The lowest BCUT2D eigenvalue weighted by molar-refractivity contribution is 0.0792. The van der Waals surface area contributed by atoms with Gasteiger partial charge >= 0.3 is 0 Å². The molecule has 0 aliphatic rings. The molecule has 0 unspecified atom stereocenters. The van der Waals surface area contributed by atoms with E-state index in [-0.39, 0.29) is 11.3 Å². The Kier molecular flexibility index (Phi) is 6.24. The zero-order valence-corrected chi connectivity index (χ0v) is 16.1. The van der Waals surface area contributed by atoms with Crippen molar-refractivity contribution < 1.29 is 9.53 Å². The Balaban J connectivity index is 1.80. The van der Waals surface area contributed by atoms with E-state index in [0.29, 0.717) is 23.1 Å². The Bertz CT molecular complexity index is 694. The first-order valence-electron chi connectivity index (χ1n) is 7.87. The van der Waals surface area contributed by atoms with Gasteiger partial charge in [-0.3, -0.25) is 4.79 Å². The lowest BCUT2D eigenvalue weighted by Crippen LogP contribution is -2.28. The third-order valence-electron chi connectivity index (χ3n) is 3.41. The molecule has 1 amide bonds. The van der Waals surface area contributed by atoms with Crippen molar-refractivity contribution in [2.75, 3.05) is 20.2 Å². The fraction of sp³-hybridized carbons (Fsp3) is 0.444. The molecule has 1 heterocycles. The van der Waals surface area contributed by atoms with E-state index in [4.69, 9.17) is 16.3 Å². The minimum Gasteiger partial charge on any atom is -0.493 e. The molecular weight excluding hydrogens is 344 g/mol. The summed E-state index contributed by atoms with van der Waals surface area (Å²) < 4.78 is 5.64. The lowest BCUT2D eigenvalue weighted by atomic mass is 9.98. The van der Waals surface area contributed by atoms with Crippen molar-refractivity contribution in [1.82, 2.24) is 9.88 Å². The molecule has 0 fully saturated rings. The summed E-state index contributed by atoms with van der Waals surface area (Å²) in [4.78, 5) is 19.2. The number of rotatable bonds is 6. The summed E-state index contributed by atoms with van der Waals surface area (Å²) in [6.07, 6.45) is 2.42. The number of hydrogen-bond acceptors (Lipinski definition) is 4. The number of thiazole rings is 1. The molecule has 0 saturated heterocycles. The van der Waals surface area contributed by atoms with Crippen molar-refractivity contribution in [3.05, 3.63) is 45.4 Å². The highest BCUT2D eigenvalue weighted by atomic mass is 35.5. The molecule has 4 nitrogen and oxygen atoms in total. The number of ether oxygens (including phenoxy) is 1. The topological polar surface area (TPSA) is 42.4 Å². The maximum absolute atomic E-state index is 12.4. The highest BCUT2D eigenvalue weighted by Gasteiger charge is 2.21. The van der Waals surface area contributed by atoms with E-state index in [2.05, 4.69) is 25.8 Å². The first-order chi connectivity index (χ1) is 11.3. The van der Waals surface area contributed by atoms with E-state index >= 15 is 0 Å². The van der Waals surface area contributed by atoms with E-state index < -0.39 is 0 Å². The van der Waals surface area contributed by atoms with Crippen LogP contribution >= 0.6 is 22.9 Å². The largest absolute Gasteiger partial charge is 0.493 e. The summed E-state index contributed by atoms with van der Waals surface area (Å²) in [5.41, 5.74) is -0.0352. The Morgan fingerprint density at radius 1 is 1.38 bits per heavy atom. The van der Waals surface area contributed by atoms with E-state index in [9.17, 15) is 4.79 Å². The van der Waals surface area contributed by atoms with Crippen molar-refractivity contribution in [3.63, 3.8) is 0 Å². The Morgan fingerprint density at radius 3 is 2.75 bits per heavy atom. The molecule has 0 radical (unpaired) electrons. The van der Waals surface area contributed by atoms with Gasteiger partial charge < -0.3 is 9.64 Å². The molecule has 0 aliphatic heterocycles. The summed E-state index contributed by atoms with van der Waals surface area (Å²) in [6.45, 7) is 7.45. The average molecular weight is 367 g/mol. The predicted molar refractivity (Wildman–Crippen MR) is 99.3 cm³/mol. The van der Waals surface area contributed by atoms with E-state index in [1.807, 2.05) is 18.2 Å². The molecule has 0 atom stereocenters. The van der Waals surface area contributed by atoms with E-state index in [1.165, 1.54) is 11.3 Å². The van der Waals surface area contributed by atoms with Crippen LogP contribution in [0.15, 0.2) is 30.5 Å². The molecule has 0 spiro atoms. The number of amides is 1. The maximum Gasteiger partial charge on any atom is 0.265 e. The van der Waals surface area contributed by atoms with Crippen LogP contribution in [0.5, 0.6) is 5.75 Å². The van der Waals surface area contributed by atoms with Crippen LogP contribution in [-0.2, 0) is 5.41 Å². The Morgan fingerprint density at radius 2 is 2.12 bits per heavy atom. The van der Waals surface area contributed by atoms with Crippen molar-refractivity contribution in [3.8, 4) is 5.75 Å². The minimum atomic E-state index is -0.0352. The minimum absolute atomic E-state index is 0.00533. The number of hydrogen-bond donors (Lipinski definition) is 0. The summed E-state index contributed by atoms with van der Waals surface area (Å²) >= 11 is 7.38. The van der Waals surface area contributed by atoms with E-state index in [0.717, 1.165) is 17.2 Å². The molecule has 0 aliphatic carbocycles. The number of aromatic nitrogens is 1. The van der Waals surface area contributed by atoms with Crippen LogP contribution in [-0.4, -0.2) is 36.0 Å². The van der Waals surface area contributed by atoms with Crippen LogP contribution in [0.3, 0.4) is 0 Å². The third kappa shape index (κ3) is 5.21. The molecule has 0 N–H and O–H groups in total. The standard InChI is InChI=1S/C18H23ClN2O2S/c1-18(2,3)17-20-12-15(24-17)16(22)21(4)9-6-10-23-14-8-5-7-13(19)11-14/h5,7-8,11-12H,6,9-10H2,1-4H3. The molecular formula is C18H23ClN2O2S. The summed E-state index contributed by atoms with van der Waals surface area (Å²) in [5.74, 6) is 0.750. The fourth-order valence-corrected chi connectivity index (χ4v) is 3.21. The second kappa shape index (κ2) is 7.99. The quantitative estimate of drug-likeness (QED) is 0.699. The number of nitrogens with zero attached hydrogens (tertiary/aromatic N) is 2. The van der Waals surface area contributed by atoms with Gasteiger partial charge in [-0.25, -0.2) is 4.98 Å². The van der Waals surface area contributed by atoms with Crippen LogP contribution in [0.1, 0.15) is 41.9 Å². The number of benzene rings is 1. The smallest absolute Gasteiger partial charge is 0.265 e. The molecule has 24 heavy (non-hydrogen) atoms. The summed E-state index contributed by atoms with van der Waals surface area (Å²) in [5, 5.41) is 1.63.